The maximum atomic E-state index is 13.1. The molecule has 20 heavy (non-hydrogen) atoms. The molecule has 2 aromatic rings. The van der Waals surface area contributed by atoms with Gasteiger partial charge in [0.25, 0.3) is 5.91 Å². The van der Waals surface area contributed by atoms with Crippen LogP contribution < -0.4 is 5.32 Å². The molecule has 2 heterocycles. The first-order chi connectivity index (χ1) is 9.59. The second-order valence-corrected chi connectivity index (χ2v) is 4.59. The lowest BCUT2D eigenvalue weighted by atomic mass is 9.88. The molecule has 1 amide bonds. The highest BCUT2D eigenvalue weighted by atomic mass is 35.5. The number of fused-ring (bicyclic) bond motifs is 1. The zero-order chi connectivity index (χ0) is 14.3. The number of halogens is 2. The first kappa shape index (κ1) is 13.0. The minimum Gasteiger partial charge on any atom is -0.359 e. The summed E-state index contributed by atoms with van der Waals surface area (Å²) in [5.41, 5.74) is -0.684. The third-order valence-corrected chi connectivity index (χ3v) is 3.55. The van der Waals surface area contributed by atoms with Gasteiger partial charge in [0.2, 0.25) is 5.60 Å². The number of nitrogens with one attached hydrogen (secondary N) is 1. The summed E-state index contributed by atoms with van der Waals surface area (Å²) in [5.74, 6) is -0.556. The van der Waals surface area contributed by atoms with Gasteiger partial charge in [0.05, 0.1) is 5.56 Å². The van der Waals surface area contributed by atoms with Gasteiger partial charge in [-0.1, -0.05) is 23.7 Å². The van der Waals surface area contributed by atoms with E-state index in [1.165, 1.54) is 37.7 Å². The Morgan fingerprint density at radius 2 is 2.00 bits per heavy atom. The summed E-state index contributed by atoms with van der Waals surface area (Å²) in [7, 11) is 1.38. The van der Waals surface area contributed by atoms with Crippen LogP contribution in [0.4, 0.5) is 10.2 Å². The fourth-order valence-electron chi connectivity index (χ4n) is 2.35. The SMILES string of the molecule is COC1(c2ccc(F)cc2)C(=O)Nc2ncnc(Cl)c21. The number of amides is 1. The summed E-state index contributed by atoms with van der Waals surface area (Å²) >= 11 is 6.08. The average Bonchev–Trinajstić information content (AvgIpc) is 2.73. The van der Waals surface area contributed by atoms with E-state index in [4.69, 9.17) is 16.3 Å². The van der Waals surface area contributed by atoms with Crippen molar-refractivity contribution >= 4 is 23.3 Å². The number of anilines is 1. The van der Waals surface area contributed by atoms with Crippen LogP contribution in [-0.2, 0) is 15.1 Å². The van der Waals surface area contributed by atoms with Gasteiger partial charge in [-0.25, -0.2) is 14.4 Å². The number of hydrogen-bond acceptors (Lipinski definition) is 4. The largest absolute Gasteiger partial charge is 0.359 e. The number of hydrogen-bond donors (Lipinski definition) is 1. The van der Waals surface area contributed by atoms with Crippen molar-refractivity contribution in [1.29, 1.82) is 0 Å². The van der Waals surface area contributed by atoms with Crippen LogP contribution >= 0.6 is 11.6 Å². The van der Waals surface area contributed by atoms with Gasteiger partial charge in [0, 0.05) is 7.11 Å². The van der Waals surface area contributed by atoms with E-state index in [0.717, 1.165) is 0 Å². The highest BCUT2D eigenvalue weighted by Gasteiger charge is 2.51. The van der Waals surface area contributed by atoms with Crippen molar-refractivity contribution in [3.8, 4) is 0 Å². The summed E-state index contributed by atoms with van der Waals surface area (Å²) in [4.78, 5) is 20.2. The van der Waals surface area contributed by atoms with Gasteiger partial charge in [-0.2, -0.15) is 0 Å². The summed E-state index contributed by atoms with van der Waals surface area (Å²) in [6.07, 6.45) is 1.25. The average molecular weight is 294 g/mol. The number of methoxy groups -OCH3 is 1. The van der Waals surface area contributed by atoms with Crippen molar-refractivity contribution in [2.45, 2.75) is 5.60 Å². The maximum absolute atomic E-state index is 13.1. The quantitative estimate of drug-likeness (QED) is 0.861. The van der Waals surface area contributed by atoms with Crippen molar-refractivity contribution in [3.63, 3.8) is 0 Å². The van der Waals surface area contributed by atoms with E-state index in [2.05, 4.69) is 15.3 Å². The topological polar surface area (TPSA) is 64.1 Å². The van der Waals surface area contributed by atoms with Crippen LogP contribution in [0.5, 0.6) is 0 Å². The van der Waals surface area contributed by atoms with E-state index in [-0.39, 0.29) is 5.15 Å². The van der Waals surface area contributed by atoms with Crippen LogP contribution in [0.1, 0.15) is 11.1 Å². The van der Waals surface area contributed by atoms with Crippen molar-refractivity contribution < 1.29 is 13.9 Å². The van der Waals surface area contributed by atoms with E-state index in [1.807, 2.05) is 0 Å². The number of nitrogens with zero attached hydrogens (tertiary/aromatic N) is 2. The molecule has 0 saturated carbocycles. The first-order valence-corrected chi connectivity index (χ1v) is 6.11. The highest BCUT2D eigenvalue weighted by molar-refractivity contribution is 6.31. The fraction of sp³-hybridized carbons (Fsp3) is 0.154. The molecule has 0 fully saturated rings. The lowest BCUT2D eigenvalue weighted by Crippen LogP contribution is -2.37. The van der Waals surface area contributed by atoms with E-state index >= 15 is 0 Å². The Labute approximate surface area is 118 Å². The smallest absolute Gasteiger partial charge is 0.267 e. The molecule has 1 N–H and O–H groups in total. The molecule has 0 radical (unpaired) electrons. The van der Waals surface area contributed by atoms with E-state index in [9.17, 15) is 9.18 Å². The summed E-state index contributed by atoms with van der Waals surface area (Å²) < 4.78 is 18.5. The van der Waals surface area contributed by atoms with Gasteiger partial charge < -0.3 is 10.1 Å². The van der Waals surface area contributed by atoms with Crippen LogP contribution in [0.25, 0.3) is 0 Å². The Kier molecular flexibility index (Phi) is 2.92. The fourth-order valence-corrected chi connectivity index (χ4v) is 2.62. The molecular formula is C13H9ClFN3O2. The highest BCUT2D eigenvalue weighted by Crippen LogP contribution is 2.45. The third-order valence-electron chi connectivity index (χ3n) is 3.26. The van der Waals surface area contributed by atoms with Crippen molar-refractivity contribution in [2.24, 2.45) is 0 Å². The first-order valence-electron chi connectivity index (χ1n) is 5.73. The van der Waals surface area contributed by atoms with Crippen molar-refractivity contribution in [2.75, 3.05) is 12.4 Å². The lowest BCUT2D eigenvalue weighted by Gasteiger charge is -2.26. The number of ether oxygens (including phenoxy) is 1. The Balaban J connectivity index is 2.29. The predicted octanol–water partition coefficient (Wildman–Crippen LogP) is 2.11. The number of benzene rings is 1. The Morgan fingerprint density at radius 1 is 1.30 bits per heavy atom. The molecule has 1 aromatic heterocycles. The molecule has 1 aliphatic rings. The van der Waals surface area contributed by atoms with Crippen LogP contribution in [0, 0.1) is 5.82 Å². The van der Waals surface area contributed by atoms with Gasteiger partial charge in [-0.3, -0.25) is 4.79 Å². The maximum Gasteiger partial charge on any atom is 0.267 e. The third kappa shape index (κ3) is 1.62. The lowest BCUT2D eigenvalue weighted by molar-refractivity contribution is -0.132. The molecular weight excluding hydrogens is 285 g/mol. The molecule has 0 aliphatic carbocycles. The van der Waals surface area contributed by atoms with Gasteiger partial charge in [-0.05, 0) is 17.7 Å². The molecule has 0 saturated heterocycles. The van der Waals surface area contributed by atoms with Gasteiger partial charge in [0.15, 0.2) is 0 Å². The molecule has 1 aliphatic heterocycles. The Bertz CT molecular complexity index is 693. The number of carbonyl (C=O) groups is 1. The summed E-state index contributed by atoms with van der Waals surface area (Å²) in [6.45, 7) is 0. The molecule has 7 heteroatoms. The predicted molar refractivity (Wildman–Crippen MR) is 69.9 cm³/mol. The second-order valence-electron chi connectivity index (χ2n) is 4.23. The van der Waals surface area contributed by atoms with Gasteiger partial charge in [-0.15, -0.1) is 0 Å². The summed E-state index contributed by atoms with van der Waals surface area (Å²) in [6, 6.07) is 5.44. The van der Waals surface area contributed by atoms with Crippen molar-refractivity contribution in [3.05, 3.63) is 52.7 Å². The van der Waals surface area contributed by atoms with Crippen LogP contribution in [-0.4, -0.2) is 23.0 Å². The molecule has 0 bridgehead atoms. The molecule has 1 aromatic carbocycles. The van der Waals surface area contributed by atoms with Crippen LogP contribution in [0.2, 0.25) is 5.15 Å². The van der Waals surface area contributed by atoms with Crippen molar-refractivity contribution in [1.82, 2.24) is 9.97 Å². The normalized spacial score (nSPS) is 20.6. The van der Waals surface area contributed by atoms with E-state index in [1.54, 1.807) is 0 Å². The summed E-state index contributed by atoms with van der Waals surface area (Å²) in [5, 5.41) is 2.71. The monoisotopic (exact) mass is 293 g/mol. The standard InChI is InChI=1S/C13H9ClFN3O2/c1-20-13(7-2-4-8(15)5-3-7)9-10(14)16-6-17-11(9)18-12(13)19/h2-6H,1H3,(H,16,17,18,19). The van der Waals surface area contributed by atoms with Crippen LogP contribution in [0.3, 0.4) is 0 Å². The molecule has 102 valence electrons. The zero-order valence-corrected chi connectivity index (χ0v) is 11.1. The van der Waals surface area contributed by atoms with E-state index < -0.39 is 17.3 Å². The number of carbonyl (C=O) groups excluding carboxylic acids is 1. The molecule has 1 atom stereocenters. The molecule has 0 spiro atoms. The molecule has 3 rings (SSSR count). The zero-order valence-electron chi connectivity index (χ0n) is 10.4. The minimum absolute atomic E-state index is 0.111. The van der Waals surface area contributed by atoms with Gasteiger partial charge in [0.1, 0.15) is 23.1 Å². The van der Waals surface area contributed by atoms with E-state index in [0.29, 0.717) is 16.9 Å². The Hall–Kier alpha value is -2.05. The number of rotatable bonds is 2. The second kappa shape index (κ2) is 4.50. The molecule has 5 nitrogen and oxygen atoms in total. The van der Waals surface area contributed by atoms with Crippen LogP contribution in [0.15, 0.2) is 30.6 Å². The molecule has 1 unspecified atom stereocenters. The van der Waals surface area contributed by atoms with Gasteiger partial charge >= 0.3 is 0 Å². The number of aromatic nitrogens is 2. The minimum atomic E-state index is -1.47. The Morgan fingerprint density at radius 3 is 2.65 bits per heavy atom.